The van der Waals surface area contributed by atoms with Gasteiger partial charge in [0.1, 0.15) is 0 Å². The molecule has 25 heavy (non-hydrogen) atoms. The number of aryl methyl sites for hydroxylation is 1. The number of nitrogens with zero attached hydrogens (tertiary/aromatic N) is 3. The van der Waals surface area contributed by atoms with Crippen LogP contribution >= 0.6 is 11.6 Å². The number of hydrogen-bond donors (Lipinski definition) is 1. The van der Waals surface area contributed by atoms with Crippen molar-refractivity contribution >= 4 is 11.6 Å². The minimum absolute atomic E-state index is 0.556. The predicted octanol–water partition coefficient (Wildman–Crippen LogP) is 2.95. The summed E-state index contributed by atoms with van der Waals surface area (Å²) in [4.78, 5) is 12.1. The molecule has 138 valence electrons. The zero-order valence-electron chi connectivity index (χ0n) is 15.6. The van der Waals surface area contributed by atoms with Crippen molar-refractivity contribution in [3.63, 3.8) is 0 Å². The first-order valence-corrected chi connectivity index (χ1v) is 8.58. The molecule has 0 radical (unpaired) electrons. The van der Waals surface area contributed by atoms with Crippen LogP contribution in [0.1, 0.15) is 17.0 Å². The number of ether oxygens (including phenoxy) is 2. The van der Waals surface area contributed by atoms with Gasteiger partial charge in [0, 0.05) is 31.9 Å². The summed E-state index contributed by atoms with van der Waals surface area (Å²) in [6.07, 6.45) is 1.74. The Labute approximate surface area is 154 Å². The average Bonchev–Trinajstić information content (AvgIpc) is 2.97. The molecule has 1 aromatic heterocycles. The minimum Gasteiger partial charge on any atom is -0.493 e. The fourth-order valence-electron chi connectivity index (χ4n) is 2.63. The van der Waals surface area contributed by atoms with Gasteiger partial charge < -0.3 is 19.4 Å². The summed E-state index contributed by atoms with van der Waals surface area (Å²) < 4.78 is 10.7. The van der Waals surface area contributed by atoms with Gasteiger partial charge in [0.05, 0.1) is 31.3 Å². The number of aromatic nitrogens is 2. The second kappa shape index (κ2) is 9.08. The number of imidazole rings is 1. The van der Waals surface area contributed by atoms with Crippen molar-refractivity contribution in [2.75, 3.05) is 41.4 Å². The lowest BCUT2D eigenvalue weighted by Gasteiger charge is -2.24. The molecule has 1 N–H and O–H groups in total. The summed E-state index contributed by atoms with van der Waals surface area (Å²) in [7, 11) is 7.36. The van der Waals surface area contributed by atoms with Crippen LogP contribution in [-0.2, 0) is 13.1 Å². The molecule has 0 aliphatic carbocycles. The van der Waals surface area contributed by atoms with Gasteiger partial charge in [0.15, 0.2) is 11.5 Å². The number of benzene rings is 1. The van der Waals surface area contributed by atoms with Gasteiger partial charge in [-0.05, 0) is 38.7 Å². The first-order chi connectivity index (χ1) is 11.9. The van der Waals surface area contributed by atoms with E-state index >= 15 is 0 Å². The van der Waals surface area contributed by atoms with E-state index in [2.05, 4.69) is 33.9 Å². The highest BCUT2D eigenvalue weighted by Crippen LogP contribution is 2.36. The Morgan fingerprint density at radius 1 is 1.12 bits per heavy atom. The Morgan fingerprint density at radius 2 is 1.88 bits per heavy atom. The van der Waals surface area contributed by atoms with Crippen LogP contribution in [0.25, 0.3) is 0 Å². The van der Waals surface area contributed by atoms with E-state index in [0.29, 0.717) is 16.5 Å². The zero-order valence-corrected chi connectivity index (χ0v) is 16.4. The number of rotatable bonds is 9. The van der Waals surface area contributed by atoms with Crippen molar-refractivity contribution in [2.24, 2.45) is 0 Å². The molecular weight excluding hydrogens is 340 g/mol. The van der Waals surface area contributed by atoms with Crippen molar-refractivity contribution in [1.29, 1.82) is 0 Å². The molecule has 6 nitrogen and oxygen atoms in total. The van der Waals surface area contributed by atoms with E-state index in [1.54, 1.807) is 20.5 Å². The first kappa shape index (κ1) is 19.6. The average molecular weight is 367 g/mol. The molecule has 2 rings (SSSR count). The molecule has 0 saturated heterocycles. The van der Waals surface area contributed by atoms with Gasteiger partial charge in [0.2, 0.25) is 0 Å². The number of hydrogen-bond acceptors (Lipinski definition) is 5. The van der Waals surface area contributed by atoms with Crippen molar-refractivity contribution in [1.82, 2.24) is 19.8 Å². The van der Waals surface area contributed by atoms with Gasteiger partial charge in [-0.2, -0.15) is 0 Å². The van der Waals surface area contributed by atoms with E-state index in [0.717, 1.165) is 43.1 Å². The first-order valence-electron chi connectivity index (χ1n) is 8.21. The van der Waals surface area contributed by atoms with Crippen LogP contribution in [0.4, 0.5) is 0 Å². The van der Waals surface area contributed by atoms with Gasteiger partial charge in [-0.25, -0.2) is 4.98 Å². The Morgan fingerprint density at radius 3 is 2.44 bits per heavy atom. The Balaban J connectivity index is 2.20. The molecule has 0 spiro atoms. The van der Waals surface area contributed by atoms with Gasteiger partial charge >= 0.3 is 0 Å². The molecule has 7 heteroatoms. The fraction of sp³-hybridized carbons (Fsp3) is 0.500. The van der Waals surface area contributed by atoms with Crippen LogP contribution in [-0.4, -0.2) is 61.2 Å². The molecule has 0 bridgehead atoms. The number of likely N-dealkylation sites (N-methyl/N-ethyl adjacent to an activating group) is 1. The lowest BCUT2D eigenvalue weighted by atomic mass is 10.1. The summed E-state index contributed by atoms with van der Waals surface area (Å²) in [5, 5.41) is 0.556. The highest BCUT2D eigenvalue weighted by atomic mass is 35.5. The predicted molar refractivity (Wildman–Crippen MR) is 101 cm³/mol. The van der Waals surface area contributed by atoms with E-state index < -0.39 is 0 Å². The summed E-state index contributed by atoms with van der Waals surface area (Å²) >= 11 is 6.34. The standard InChI is InChI=1S/C18H27ClN4O2/c1-13-16(21-12-20-13)11-23(7-6-22(2)3)10-14-8-15(19)18(25-5)17(9-14)24-4/h8-9,12H,6-7,10-11H2,1-5H3,(H,20,21). The largest absolute Gasteiger partial charge is 0.493 e. The monoisotopic (exact) mass is 366 g/mol. The van der Waals surface area contributed by atoms with Crippen molar-refractivity contribution in [2.45, 2.75) is 20.0 Å². The second-order valence-corrected chi connectivity index (χ2v) is 6.71. The van der Waals surface area contributed by atoms with E-state index in [-0.39, 0.29) is 0 Å². The highest BCUT2D eigenvalue weighted by molar-refractivity contribution is 6.32. The number of methoxy groups -OCH3 is 2. The lowest BCUT2D eigenvalue weighted by Crippen LogP contribution is -2.31. The smallest absolute Gasteiger partial charge is 0.179 e. The van der Waals surface area contributed by atoms with Crippen LogP contribution in [0.5, 0.6) is 11.5 Å². The van der Waals surface area contributed by atoms with Crippen LogP contribution in [0.2, 0.25) is 5.02 Å². The zero-order chi connectivity index (χ0) is 18.4. The molecule has 0 aliphatic heterocycles. The fourth-order valence-corrected chi connectivity index (χ4v) is 2.95. The third-order valence-electron chi connectivity index (χ3n) is 4.07. The summed E-state index contributed by atoms with van der Waals surface area (Å²) in [6, 6.07) is 3.91. The van der Waals surface area contributed by atoms with Crippen LogP contribution < -0.4 is 9.47 Å². The third kappa shape index (κ3) is 5.36. The molecule has 0 amide bonds. The number of H-pyrrole nitrogens is 1. The molecular formula is C18H27ClN4O2. The van der Waals surface area contributed by atoms with Gasteiger partial charge in [-0.3, -0.25) is 4.90 Å². The Hall–Kier alpha value is -1.76. The van der Waals surface area contributed by atoms with Crippen molar-refractivity contribution in [3.05, 3.63) is 40.4 Å². The van der Waals surface area contributed by atoms with E-state index in [9.17, 15) is 0 Å². The van der Waals surface area contributed by atoms with Gasteiger partial charge in [-0.1, -0.05) is 11.6 Å². The minimum atomic E-state index is 0.556. The highest BCUT2D eigenvalue weighted by Gasteiger charge is 2.15. The maximum absolute atomic E-state index is 6.34. The second-order valence-electron chi connectivity index (χ2n) is 6.30. The maximum atomic E-state index is 6.34. The molecule has 0 unspecified atom stereocenters. The lowest BCUT2D eigenvalue weighted by molar-refractivity contribution is 0.223. The molecule has 0 saturated carbocycles. The normalized spacial score (nSPS) is 11.4. The molecule has 0 aliphatic rings. The number of halogens is 1. The van der Waals surface area contributed by atoms with E-state index in [4.69, 9.17) is 21.1 Å². The topological polar surface area (TPSA) is 53.6 Å². The number of aromatic amines is 1. The number of nitrogens with one attached hydrogen (secondary N) is 1. The maximum Gasteiger partial charge on any atom is 0.179 e. The van der Waals surface area contributed by atoms with E-state index in [1.165, 1.54) is 0 Å². The third-order valence-corrected chi connectivity index (χ3v) is 4.35. The Kier molecular flexibility index (Phi) is 7.11. The molecule has 1 aromatic carbocycles. The van der Waals surface area contributed by atoms with Crippen LogP contribution in [0.15, 0.2) is 18.5 Å². The van der Waals surface area contributed by atoms with Gasteiger partial charge in [-0.15, -0.1) is 0 Å². The molecule has 0 fully saturated rings. The summed E-state index contributed by atoms with van der Waals surface area (Å²) in [5.41, 5.74) is 3.24. The SMILES string of the molecule is COc1cc(CN(CCN(C)C)Cc2nc[nH]c2C)cc(Cl)c1OC. The van der Waals surface area contributed by atoms with Gasteiger partial charge in [0.25, 0.3) is 0 Å². The Bertz CT molecular complexity index is 688. The molecule has 2 aromatic rings. The van der Waals surface area contributed by atoms with Crippen LogP contribution in [0, 0.1) is 6.92 Å². The summed E-state index contributed by atoms with van der Waals surface area (Å²) in [5.74, 6) is 1.21. The van der Waals surface area contributed by atoms with E-state index in [1.807, 2.05) is 19.1 Å². The molecule has 1 heterocycles. The quantitative estimate of drug-likeness (QED) is 0.739. The van der Waals surface area contributed by atoms with Crippen LogP contribution in [0.3, 0.4) is 0 Å². The summed E-state index contributed by atoms with van der Waals surface area (Å²) in [6.45, 7) is 5.45. The van der Waals surface area contributed by atoms with Crippen molar-refractivity contribution < 1.29 is 9.47 Å². The van der Waals surface area contributed by atoms with Crippen molar-refractivity contribution in [3.8, 4) is 11.5 Å². The molecule has 0 atom stereocenters.